The Balaban J connectivity index is 2.27. The summed E-state index contributed by atoms with van der Waals surface area (Å²) in [5.74, 6) is -0.372. The summed E-state index contributed by atoms with van der Waals surface area (Å²) in [6.07, 6.45) is 2.07. The number of hydrogen-bond donors (Lipinski definition) is 4. The SMILES string of the molecule is O=C(O)Nc1cc2c3c(c[nH]c3c1)C=NNC2=O. The van der Waals surface area contributed by atoms with Crippen molar-refractivity contribution in [2.24, 2.45) is 5.10 Å². The number of carboxylic acid groups (broad SMARTS) is 1. The fraction of sp³-hybridized carbons (Fsp3) is 0. The first-order chi connectivity index (χ1) is 8.65. The largest absolute Gasteiger partial charge is 0.465 e. The van der Waals surface area contributed by atoms with Crippen LogP contribution >= 0.6 is 0 Å². The van der Waals surface area contributed by atoms with Crippen molar-refractivity contribution < 1.29 is 14.7 Å². The lowest BCUT2D eigenvalue weighted by molar-refractivity contribution is 0.0957. The van der Waals surface area contributed by atoms with Gasteiger partial charge in [0.05, 0.1) is 11.8 Å². The molecule has 0 radical (unpaired) electrons. The maximum Gasteiger partial charge on any atom is 0.409 e. The van der Waals surface area contributed by atoms with Crippen molar-refractivity contribution >= 4 is 34.8 Å². The average molecular weight is 244 g/mol. The van der Waals surface area contributed by atoms with Gasteiger partial charge in [-0.2, -0.15) is 5.10 Å². The van der Waals surface area contributed by atoms with E-state index >= 15 is 0 Å². The van der Waals surface area contributed by atoms with E-state index in [9.17, 15) is 9.59 Å². The summed E-state index contributed by atoms with van der Waals surface area (Å²) >= 11 is 0. The minimum Gasteiger partial charge on any atom is -0.465 e. The molecule has 2 aromatic rings. The minimum atomic E-state index is -1.18. The highest BCUT2D eigenvalue weighted by Crippen LogP contribution is 2.27. The summed E-state index contributed by atoms with van der Waals surface area (Å²) in [6, 6.07) is 3.11. The molecule has 0 spiro atoms. The summed E-state index contributed by atoms with van der Waals surface area (Å²) in [7, 11) is 0. The lowest BCUT2D eigenvalue weighted by atomic mass is 10.1. The zero-order valence-corrected chi connectivity index (χ0v) is 9.02. The minimum absolute atomic E-state index is 0.329. The summed E-state index contributed by atoms with van der Waals surface area (Å²) in [6.45, 7) is 0. The maximum absolute atomic E-state index is 11.8. The van der Waals surface area contributed by atoms with Crippen molar-refractivity contribution in [3.63, 3.8) is 0 Å². The number of anilines is 1. The molecule has 0 bridgehead atoms. The Morgan fingerprint density at radius 3 is 3.00 bits per heavy atom. The first-order valence-electron chi connectivity index (χ1n) is 5.13. The number of rotatable bonds is 1. The number of aromatic nitrogens is 1. The Bertz CT molecular complexity index is 702. The molecule has 18 heavy (non-hydrogen) atoms. The van der Waals surface area contributed by atoms with E-state index in [1.54, 1.807) is 12.3 Å². The molecule has 2 amide bonds. The standard InChI is InChI=1S/C11H8N4O3/c16-10-7-1-6(14-11(17)18)2-8-9(7)5(3-12-8)4-13-15-10/h1-4,12,14H,(H,15,16)(H,17,18). The number of hydrogen-bond acceptors (Lipinski definition) is 3. The van der Waals surface area contributed by atoms with E-state index in [1.165, 1.54) is 12.3 Å². The number of aromatic amines is 1. The summed E-state index contributed by atoms with van der Waals surface area (Å²) in [5.41, 5.74) is 4.52. The molecule has 0 atom stereocenters. The zero-order chi connectivity index (χ0) is 12.7. The average Bonchev–Trinajstić information content (AvgIpc) is 2.63. The highest BCUT2D eigenvalue weighted by Gasteiger charge is 2.18. The van der Waals surface area contributed by atoms with Crippen LogP contribution in [0.15, 0.2) is 23.4 Å². The van der Waals surface area contributed by atoms with Gasteiger partial charge in [-0.15, -0.1) is 0 Å². The fourth-order valence-corrected chi connectivity index (χ4v) is 1.99. The maximum atomic E-state index is 11.8. The molecule has 0 aliphatic carbocycles. The van der Waals surface area contributed by atoms with Crippen LogP contribution in [0.4, 0.5) is 10.5 Å². The number of nitrogens with zero attached hydrogens (tertiary/aromatic N) is 1. The monoisotopic (exact) mass is 244 g/mol. The van der Waals surface area contributed by atoms with Gasteiger partial charge in [0.15, 0.2) is 0 Å². The predicted molar refractivity (Wildman–Crippen MR) is 65.0 cm³/mol. The smallest absolute Gasteiger partial charge is 0.409 e. The van der Waals surface area contributed by atoms with Crippen molar-refractivity contribution in [1.29, 1.82) is 0 Å². The number of carbonyl (C=O) groups excluding carboxylic acids is 1. The second-order valence-corrected chi connectivity index (χ2v) is 3.82. The van der Waals surface area contributed by atoms with Gasteiger partial charge in [-0.3, -0.25) is 10.1 Å². The van der Waals surface area contributed by atoms with E-state index in [1.807, 2.05) is 0 Å². The first kappa shape index (κ1) is 10.3. The predicted octanol–water partition coefficient (Wildman–Crippen LogP) is 1.34. The number of benzene rings is 1. The quantitative estimate of drug-likeness (QED) is 0.608. The van der Waals surface area contributed by atoms with Gasteiger partial charge >= 0.3 is 6.09 Å². The first-order valence-corrected chi connectivity index (χ1v) is 5.13. The molecule has 7 nitrogen and oxygen atoms in total. The summed E-state index contributed by atoms with van der Waals surface area (Å²) in [4.78, 5) is 25.4. The van der Waals surface area contributed by atoms with Crippen molar-refractivity contribution in [2.45, 2.75) is 0 Å². The molecule has 0 unspecified atom stereocenters. The molecule has 0 saturated heterocycles. The van der Waals surface area contributed by atoms with Gasteiger partial charge < -0.3 is 10.1 Å². The topological polar surface area (TPSA) is 107 Å². The Hall–Kier alpha value is -2.83. The van der Waals surface area contributed by atoms with Crippen LogP contribution in [-0.2, 0) is 0 Å². The third kappa shape index (κ3) is 1.49. The van der Waals surface area contributed by atoms with Crippen LogP contribution in [0, 0.1) is 0 Å². The van der Waals surface area contributed by atoms with Gasteiger partial charge in [0.1, 0.15) is 0 Å². The lowest BCUT2D eigenvalue weighted by Crippen LogP contribution is -2.17. The molecular weight excluding hydrogens is 236 g/mol. The van der Waals surface area contributed by atoms with Gasteiger partial charge in [0.2, 0.25) is 0 Å². The molecule has 1 aliphatic rings. The molecule has 4 N–H and O–H groups in total. The van der Waals surface area contributed by atoms with Gasteiger partial charge in [0, 0.05) is 28.4 Å². The lowest BCUT2D eigenvalue weighted by Gasteiger charge is -2.05. The van der Waals surface area contributed by atoms with Crippen LogP contribution < -0.4 is 10.7 Å². The normalized spacial score (nSPS) is 13.2. The molecule has 90 valence electrons. The van der Waals surface area contributed by atoms with Crippen LogP contribution in [0.5, 0.6) is 0 Å². The molecule has 1 aromatic heterocycles. The van der Waals surface area contributed by atoms with Gasteiger partial charge in [-0.05, 0) is 12.1 Å². The fourth-order valence-electron chi connectivity index (χ4n) is 1.99. The van der Waals surface area contributed by atoms with E-state index in [4.69, 9.17) is 5.11 Å². The van der Waals surface area contributed by atoms with Gasteiger partial charge in [0.25, 0.3) is 5.91 Å². The second kappa shape index (κ2) is 3.59. The molecule has 2 heterocycles. The third-order valence-electron chi connectivity index (χ3n) is 2.68. The highest BCUT2D eigenvalue weighted by atomic mass is 16.4. The molecule has 1 aromatic carbocycles. The van der Waals surface area contributed by atoms with Crippen LogP contribution in [0.2, 0.25) is 0 Å². The van der Waals surface area contributed by atoms with E-state index in [0.29, 0.717) is 16.8 Å². The van der Waals surface area contributed by atoms with E-state index in [2.05, 4.69) is 20.8 Å². The van der Waals surface area contributed by atoms with E-state index < -0.39 is 6.09 Å². The number of hydrazone groups is 1. The summed E-state index contributed by atoms with van der Waals surface area (Å²) in [5, 5.41) is 15.4. The number of H-pyrrole nitrogens is 1. The van der Waals surface area contributed by atoms with Crippen LogP contribution in [0.25, 0.3) is 10.9 Å². The van der Waals surface area contributed by atoms with Crippen molar-refractivity contribution in [3.8, 4) is 0 Å². The Kier molecular flexibility index (Phi) is 2.06. The van der Waals surface area contributed by atoms with Crippen molar-refractivity contribution in [1.82, 2.24) is 10.4 Å². The van der Waals surface area contributed by atoms with Gasteiger partial charge in [-0.1, -0.05) is 0 Å². The molecule has 1 aliphatic heterocycles. The van der Waals surface area contributed by atoms with Gasteiger partial charge in [-0.25, -0.2) is 10.2 Å². The molecule has 0 fully saturated rings. The van der Waals surface area contributed by atoms with Crippen LogP contribution in [0.3, 0.4) is 0 Å². The highest BCUT2D eigenvalue weighted by molar-refractivity contribution is 6.15. The summed E-state index contributed by atoms with van der Waals surface area (Å²) < 4.78 is 0. The van der Waals surface area contributed by atoms with Crippen molar-refractivity contribution in [3.05, 3.63) is 29.5 Å². The molecule has 7 heteroatoms. The number of amides is 2. The molecule has 0 saturated carbocycles. The zero-order valence-electron chi connectivity index (χ0n) is 9.02. The van der Waals surface area contributed by atoms with Crippen LogP contribution in [0.1, 0.15) is 15.9 Å². The Morgan fingerprint density at radius 1 is 1.39 bits per heavy atom. The molecular formula is C11H8N4O3. The Morgan fingerprint density at radius 2 is 2.22 bits per heavy atom. The Labute approximate surface area is 100 Å². The van der Waals surface area contributed by atoms with Crippen molar-refractivity contribution in [2.75, 3.05) is 5.32 Å². The number of carbonyl (C=O) groups is 2. The van der Waals surface area contributed by atoms with Crippen LogP contribution in [-0.4, -0.2) is 28.3 Å². The van der Waals surface area contributed by atoms with E-state index in [-0.39, 0.29) is 5.91 Å². The second-order valence-electron chi connectivity index (χ2n) is 3.82. The number of nitrogens with one attached hydrogen (secondary N) is 3. The molecule has 3 rings (SSSR count). The van der Waals surface area contributed by atoms with E-state index in [0.717, 1.165) is 10.9 Å². The third-order valence-corrected chi connectivity index (χ3v) is 2.68.